The fourth-order valence-electron chi connectivity index (χ4n) is 3.75. The number of benzene rings is 3. The lowest BCUT2D eigenvalue weighted by atomic mass is 9.93. The molecule has 29 heavy (non-hydrogen) atoms. The number of nitrogens with two attached hydrogens (primary N) is 1. The van der Waals surface area contributed by atoms with E-state index in [0.29, 0.717) is 32.4 Å². The quantitative estimate of drug-likeness (QED) is 0.292. The predicted molar refractivity (Wildman–Crippen MR) is 122 cm³/mol. The molecule has 0 saturated heterocycles. The lowest BCUT2D eigenvalue weighted by Gasteiger charge is -2.23. The third-order valence-corrected chi connectivity index (χ3v) is 5.75. The number of nitrogens with zero attached hydrogens (tertiary/aromatic N) is 1. The fourth-order valence-corrected chi connectivity index (χ4v) is 4.41. The van der Waals surface area contributed by atoms with Crippen LogP contribution in [0.4, 0.5) is 11.4 Å². The summed E-state index contributed by atoms with van der Waals surface area (Å²) in [6.45, 7) is 5.93. The molecule has 2 aromatic rings. The Balaban J connectivity index is 2.09. The number of hydrogen-bond acceptors (Lipinski definition) is 4. The third kappa shape index (κ3) is 3.43. The summed E-state index contributed by atoms with van der Waals surface area (Å²) in [5.74, 6) is 0.588. The summed E-state index contributed by atoms with van der Waals surface area (Å²) < 4.78 is 6.05. The third-order valence-electron chi connectivity index (χ3n) is 5.15. The second-order valence-electron chi connectivity index (χ2n) is 6.90. The van der Waals surface area contributed by atoms with Crippen molar-refractivity contribution in [2.75, 3.05) is 23.7 Å². The number of rotatable bonds is 4. The van der Waals surface area contributed by atoms with Gasteiger partial charge in [0.05, 0.1) is 15.4 Å². The Labute approximate surface area is 179 Å². The highest BCUT2D eigenvalue weighted by Gasteiger charge is 2.22. The van der Waals surface area contributed by atoms with Crippen LogP contribution in [0.15, 0.2) is 52.9 Å². The summed E-state index contributed by atoms with van der Waals surface area (Å²) in [6, 6.07) is 14.7. The molecule has 148 valence electrons. The van der Waals surface area contributed by atoms with Crippen LogP contribution >= 0.6 is 23.2 Å². The maximum atomic E-state index is 7.96. The van der Waals surface area contributed by atoms with E-state index >= 15 is 0 Å². The molecule has 0 radical (unpaired) electrons. The first-order chi connectivity index (χ1) is 13.9. The molecule has 1 heterocycles. The van der Waals surface area contributed by atoms with Gasteiger partial charge in [0.15, 0.2) is 0 Å². The monoisotopic (exact) mass is 425 g/mol. The Morgan fingerprint density at radius 1 is 0.931 bits per heavy atom. The molecule has 1 aliphatic carbocycles. The standard InChI is InChI=1S/C23H21Cl2N3O/c1-3-28(4-2)15-11-18(24)23(19(25)12-15)22-16-7-5-13(26)9-20(16)29-21-10-14(27)6-8-17(21)22/h5-12,26H,3-4,27H2,1-2H3. The minimum atomic E-state index is 0.365. The van der Waals surface area contributed by atoms with Crippen LogP contribution in [0.5, 0.6) is 0 Å². The lowest BCUT2D eigenvalue weighted by Crippen LogP contribution is -2.21. The molecular formula is C23H21Cl2N3O. The zero-order chi connectivity index (χ0) is 20.7. The van der Waals surface area contributed by atoms with Crippen molar-refractivity contribution in [1.29, 1.82) is 5.41 Å². The van der Waals surface area contributed by atoms with Crippen LogP contribution in [0.25, 0.3) is 33.4 Å². The predicted octanol–water partition coefficient (Wildman–Crippen LogP) is 6.42. The van der Waals surface area contributed by atoms with Crippen molar-refractivity contribution in [3.05, 3.63) is 63.9 Å². The van der Waals surface area contributed by atoms with Crippen molar-refractivity contribution in [3.8, 4) is 22.5 Å². The molecule has 2 aromatic carbocycles. The van der Waals surface area contributed by atoms with Crippen molar-refractivity contribution in [1.82, 2.24) is 0 Å². The molecule has 4 rings (SSSR count). The number of halogens is 2. The van der Waals surface area contributed by atoms with E-state index in [1.54, 1.807) is 18.2 Å². The second-order valence-corrected chi connectivity index (χ2v) is 7.71. The van der Waals surface area contributed by atoms with Crippen molar-refractivity contribution >= 4 is 45.5 Å². The summed E-state index contributed by atoms with van der Waals surface area (Å²) >= 11 is 13.6. The Bertz CT molecular complexity index is 1220. The average molecular weight is 426 g/mol. The molecule has 6 heteroatoms. The van der Waals surface area contributed by atoms with Gasteiger partial charge in [-0.15, -0.1) is 0 Å². The molecule has 0 aromatic heterocycles. The molecule has 0 atom stereocenters. The highest BCUT2D eigenvalue weighted by Crippen LogP contribution is 2.46. The van der Waals surface area contributed by atoms with Gasteiger partial charge in [0.2, 0.25) is 0 Å². The number of nitrogens with one attached hydrogen (secondary N) is 1. The summed E-state index contributed by atoms with van der Waals surface area (Å²) in [7, 11) is 0. The summed E-state index contributed by atoms with van der Waals surface area (Å²) in [4.78, 5) is 2.20. The first-order valence-electron chi connectivity index (χ1n) is 9.48. The SMILES string of the molecule is CCN(CC)c1cc(Cl)c(-c2c3ccc(=N)cc-3oc3cc(N)ccc23)c(Cl)c1. The normalized spacial score (nSPS) is 11.3. The second kappa shape index (κ2) is 7.62. The lowest BCUT2D eigenvalue weighted by molar-refractivity contribution is 0.619. The molecular weight excluding hydrogens is 405 g/mol. The van der Waals surface area contributed by atoms with Crippen molar-refractivity contribution in [2.24, 2.45) is 0 Å². The minimum Gasteiger partial charge on any atom is -0.456 e. The summed E-state index contributed by atoms with van der Waals surface area (Å²) in [6.07, 6.45) is 0. The first-order valence-corrected chi connectivity index (χ1v) is 10.2. The molecule has 0 unspecified atom stereocenters. The van der Waals surface area contributed by atoms with E-state index in [-0.39, 0.29) is 0 Å². The van der Waals surface area contributed by atoms with Crippen LogP contribution in [0, 0.1) is 5.41 Å². The van der Waals surface area contributed by atoms with Gasteiger partial charge in [-0.3, -0.25) is 0 Å². The highest BCUT2D eigenvalue weighted by atomic mass is 35.5. The van der Waals surface area contributed by atoms with E-state index < -0.39 is 0 Å². The van der Waals surface area contributed by atoms with E-state index in [9.17, 15) is 0 Å². The zero-order valence-corrected chi connectivity index (χ0v) is 17.7. The van der Waals surface area contributed by atoms with Crippen LogP contribution < -0.4 is 16.0 Å². The molecule has 4 nitrogen and oxygen atoms in total. The van der Waals surface area contributed by atoms with Crippen LogP contribution in [0.3, 0.4) is 0 Å². The first kappa shape index (κ1) is 19.6. The Hall–Kier alpha value is -2.69. The molecule has 0 saturated carbocycles. The molecule has 2 aliphatic rings. The number of hydrogen-bond donors (Lipinski definition) is 2. The highest BCUT2D eigenvalue weighted by molar-refractivity contribution is 6.40. The zero-order valence-electron chi connectivity index (χ0n) is 16.2. The van der Waals surface area contributed by atoms with Gasteiger partial charge >= 0.3 is 0 Å². The van der Waals surface area contributed by atoms with Gasteiger partial charge in [-0.1, -0.05) is 23.2 Å². The number of fused-ring (bicyclic) bond motifs is 2. The molecule has 0 amide bonds. The maximum absolute atomic E-state index is 7.96. The minimum absolute atomic E-state index is 0.365. The Morgan fingerprint density at radius 3 is 2.28 bits per heavy atom. The van der Waals surface area contributed by atoms with Gasteiger partial charge in [0.1, 0.15) is 11.3 Å². The molecule has 0 bridgehead atoms. The van der Waals surface area contributed by atoms with E-state index in [2.05, 4.69) is 18.7 Å². The van der Waals surface area contributed by atoms with Gasteiger partial charge in [-0.2, -0.15) is 0 Å². The molecule has 1 aliphatic heterocycles. The Morgan fingerprint density at radius 2 is 1.62 bits per heavy atom. The van der Waals surface area contributed by atoms with E-state index in [0.717, 1.165) is 40.9 Å². The molecule has 3 N–H and O–H groups in total. The van der Waals surface area contributed by atoms with E-state index in [4.69, 9.17) is 38.8 Å². The van der Waals surface area contributed by atoms with Gasteiger partial charge in [0, 0.05) is 58.7 Å². The Kier molecular flexibility index (Phi) is 5.15. The number of nitrogen functional groups attached to an aromatic ring is 1. The van der Waals surface area contributed by atoms with Gasteiger partial charge in [-0.05, 0) is 50.2 Å². The van der Waals surface area contributed by atoms with Crippen LogP contribution in [0.1, 0.15) is 13.8 Å². The fraction of sp³-hybridized carbons (Fsp3) is 0.174. The van der Waals surface area contributed by atoms with Gasteiger partial charge in [-0.25, -0.2) is 0 Å². The molecule has 0 fully saturated rings. The largest absolute Gasteiger partial charge is 0.456 e. The summed E-state index contributed by atoms with van der Waals surface area (Å²) in [5.41, 5.74) is 10.7. The van der Waals surface area contributed by atoms with Crippen LogP contribution in [-0.2, 0) is 0 Å². The smallest absolute Gasteiger partial charge is 0.137 e. The van der Waals surface area contributed by atoms with Crippen molar-refractivity contribution < 1.29 is 4.42 Å². The van der Waals surface area contributed by atoms with Crippen LogP contribution in [-0.4, -0.2) is 13.1 Å². The van der Waals surface area contributed by atoms with Gasteiger partial charge < -0.3 is 20.5 Å². The van der Waals surface area contributed by atoms with Crippen molar-refractivity contribution in [3.63, 3.8) is 0 Å². The number of anilines is 2. The average Bonchev–Trinajstić information content (AvgIpc) is 2.67. The maximum Gasteiger partial charge on any atom is 0.137 e. The van der Waals surface area contributed by atoms with Crippen molar-refractivity contribution in [2.45, 2.75) is 13.8 Å². The molecule has 0 spiro atoms. The summed E-state index contributed by atoms with van der Waals surface area (Å²) in [5, 5.41) is 10.3. The van der Waals surface area contributed by atoms with E-state index in [1.165, 1.54) is 0 Å². The van der Waals surface area contributed by atoms with Gasteiger partial charge in [0.25, 0.3) is 0 Å². The topological polar surface area (TPSA) is 66.2 Å². The van der Waals surface area contributed by atoms with Crippen LogP contribution in [0.2, 0.25) is 10.0 Å². The van der Waals surface area contributed by atoms with E-state index in [1.807, 2.05) is 30.3 Å².